The van der Waals surface area contributed by atoms with Gasteiger partial charge in [-0.05, 0) is 49.3 Å². The van der Waals surface area contributed by atoms with E-state index in [4.69, 9.17) is 21.4 Å². The number of nitrogens with one attached hydrogen (secondary N) is 2. The number of hydrogen-bond donors (Lipinski definition) is 2. The molecule has 1 aliphatic heterocycles. The molecule has 1 fully saturated rings. The van der Waals surface area contributed by atoms with Crippen molar-refractivity contribution in [2.45, 2.75) is 19.4 Å². The van der Waals surface area contributed by atoms with E-state index in [0.717, 1.165) is 43.3 Å². The molecule has 2 aromatic heterocycles. The van der Waals surface area contributed by atoms with Crippen LogP contribution in [0.2, 0.25) is 0 Å². The van der Waals surface area contributed by atoms with Crippen molar-refractivity contribution >= 4 is 29.1 Å². The summed E-state index contributed by atoms with van der Waals surface area (Å²) in [5.74, 6) is 3.21. The minimum Gasteiger partial charge on any atom is -0.467 e. The fourth-order valence-electron chi connectivity index (χ4n) is 2.96. The van der Waals surface area contributed by atoms with Crippen molar-refractivity contribution in [1.82, 2.24) is 15.3 Å². The van der Waals surface area contributed by atoms with Gasteiger partial charge >= 0.3 is 0 Å². The molecule has 2 N–H and O–H groups in total. The molecule has 0 bridgehead atoms. The molecule has 0 spiro atoms. The average molecular weight is 395 g/mol. The van der Waals surface area contributed by atoms with Crippen molar-refractivity contribution in [3.05, 3.63) is 60.6 Å². The molecule has 28 heavy (non-hydrogen) atoms. The molecule has 0 saturated carbocycles. The molecule has 0 unspecified atom stereocenters. The lowest BCUT2D eigenvalue weighted by Crippen LogP contribution is -2.29. The zero-order valence-corrected chi connectivity index (χ0v) is 16.1. The van der Waals surface area contributed by atoms with E-state index in [1.165, 1.54) is 0 Å². The molecule has 0 radical (unpaired) electrons. The van der Waals surface area contributed by atoms with Crippen LogP contribution in [0, 0.1) is 0 Å². The van der Waals surface area contributed by atoms with Crippen LogP contribution in [0.1, 0.15) is 18.6 Å². The molecule has 3 aromatic rings. The number of anilines is 2. The van der Waals surface area contributed by atoms with Crippen molar-refractivity contribution in [3.8, 4) is 11.6 Å². The second-order valence-corrected chi connectivity index (χ2v) is 6.79. The quantitative estimate of drug-likeness (QED) is 0.608. The summed E-state index contributed by atoms with van der Waals surface area (Å²) in [4.78, 5) is 11.3. The summed E-state index contributed by atoms with van der Waals surface area (Å²) in [6.45, 7) is 2.43. The molecule has 1 aromatic carbocycles. The van der Waals surface area contributed by atoms with Gasteiger partial charge < -0.3 is 24.7 Å². The predicted octanol–water partition coefficient (Wildman–Crippen LogP) is 3.95. The first-order valence-electron chi connectivity index (χ1n) is 9.20. The van der Waals surface area contributed by atoms with Crippen LogP contribution in [0.5, 0.6) is 11.6 Å². The number of benzene rings is 1. The Morgan fingerprint density at radius 2 is 1.93 bits per heavy atom. The molecular formula is C20H21N5O2S. The summed E-state index contributed by atoms with van der Waals surface area (Å²) in [6.07, 6.45) is 3.94. The number of para-hydroxylation sites is 1. The lowest BCUT2D eigenvalue weighted by atomic mass is 10.3. The molecule has 144 valence electrons. The van der Waals surface area contributed by atoms with Crippen LogP contribution >= 0.6 is 12.2 Å². The summed E-state index contributed by atoms with van der Waals surface area (Å²) in [6, 6.07) is 15.1. The Morgan fingerprint density at radius 3 is 2.68 bits per heavy atom. The first-order valence-corrected chi connectivity index (χ1v) is 9.61. The molecule has 0 amide bonds. The highest BCUT2D eigenvalue weighted by molar-refractivity contribution is 7.80. The largest absolute Gasteiger partial charge is 0.467 e. The smallest absolute Gasteiger partial charge is 0.234 e. The van der Waals surface area contributed by atoms with Gasteiger partial charge in [-0.1, -0.05) is 18.2 Å². The second-order valence-electron chi connectivity index (χ2n) is 6.38. The number of nitrogens with zero attached hydrogens (tertiary/aromatic N) is 3. The highest BCUT2D eigenvalue weighted by atomic mass is 32.1. The normalized spacial score (nSPS) is 13.4. The van der Waals surface area contributed by atoms with E-state index in [1.54, 1.807) is 6.26 Å². The summed E-state index contributed by atoms with van der Waals surface area (Å²) < 4.78 is 11.2. The molecule has 3 heterocycles. The van der Waals surface area contributed by atoms with E-state index in [2.05, 4.69) is 25.5 Å². The second kappa shape index (κ2) is 8.71. The highest BCUT2D eigenvalue weighted by Crippen LogP contribution is 2.26. The maximum Gasteiger partial charge on any atom is 0.234 e. The van der Waals surface area contributed by atoms with E-state index in [-0.39, 0.29) is 0 Å². The summed E-state index contributed by atoms with van der Waals surface area (Å²) in [7, 11) is 0. The van der Waals surface area contributed by atoms with E-state index in [0.29, 0.717) is 23.5 Å². The van der Waals surface area contributed by atoms with E-state index < -0.39 is 0 Å². The third kappa shape index (κ3) is 4.77. The van der Waals surface area contributed by atoms with Crippen molar-refractivity contribution in [3.63, 3.8) is 0 Å². The van der Waals surface area contributed by atoms with Gasteiger partial charge in [0.2, 0.25) is 11.8 Å². The summed E-state index contributed by atoms with van der Waals surface area (Å²) in [5, 5.41) is 6.55. The summed E-state index contributed by atoms with van der Waals surface area (Å²) in [5.41, 5.74) is 0. The minimum absolute atomic E-state index is 0.396. The highest BCUT2D eigenvalue weighted by Gasteiger charge is 2.17. The molecular weight excluding hydrogens is 374 g/mol. The third-order valence-corrected chi connectivity index (χ3v) is 4.56. The number of aromatic nitrogens is 2. The lowest BCUT2D eigenvalue weighted by Gasteiger charge is -2.18. The van der Waals surface area contributed by atoms with Crippen LogP contribution in [-0.4, -0.2) is 28.2 Å². The number of hydrogen-bond acceptors (Lipinski definition) is 6. The van der Waals surface area contributed by atoms with E-state index in [1.807, 2.05) is 48.5 Å². The van der Waals surface area contributed by atoms with Crippen molar-refractivity contribution < 1.29 is 9.15 Å². The van der Waals surface area contributed by atoms with Crippen molar-refractivity contribution in [2.75, 3.05) is 23.3 Å². The monoisotopic (exact) mass is 395 g/mol. The van der Waals surface area contributed by atoms with Gasteiger partial charge in [-0.2, -0.15) is 9.97 Å². The zero-order chi connectivity index (χ0) is 19.2. The average Bonchev–Trinajstić information content (AvgIpc) is 3.41. The zero-order valence-electron chi connectivity index (χ0n) is 15.3. The van der Waals surface area contributed by atoms with Crippen LogP contribution in [0.3, 0.4) is 0 Å². The van der Waals surface area contributed by atoms with Gasteiger partial charge in [0.15, 0.2) is 5.11 Å². The molecule has 0 aliphatic carbocycles. The van der Waals surface area contributed by atoms with Gasteiger partial charge in [0.25, 0.3) is 0 Å². The Balaban J connectivity index is 1.50. The third-order valence-electron chi connectivity index (χ3n) is 4.31. The Labute approximate surface area is 168 Å². The molecule has 0 atom stereocenters. The number of furan rings is 1. The van der Waals surface area contributed by atoms with Crippen LogP contribution in [0.4, 0.5) is 11.8 Å². The maximum atomic E-state index is 5.92. The fraction of sp³-hybridized carbons (Fsp3) is 0.250. The molecule has 1 saturated heterocycles. The van der Waals surface area contributed by atoms with Crippen LogP contribution in [0.25, 0.3) is 0 Å². The van der Waals surface area contributed by atoms with Gasteiger partial charge in [-0.15, -0.1) is 0 Å². The molecule has 7 nitrogen and oxygen atoms in total. The number of thiocarbonyl (C=S) groups is 1. The number of ether oxygens (including phenoxy) is 1. The van der Waals surface area contributed by atoms with Crippen molar-refractivity contribution in [2.24, 2.45) is 0 Å². The Hall–Kier alpha value is -3.13. The van der Waals surface area contributed by atoms with Crippen LogP contribution < -0.4 is 20.3 Å². The van der Waals surface area contributed by atoms with Gasteiger partial charge in [0.05, 0.1) is 12.8 Å². The molecule has 1 aliphatic rings. The van der Waals surface area contributed by atoms with Crippen LogP contribution in [0.15, 0.2) is 59.2 Å². The molecule has 4 rings (SSSR count). The standard InChI is InChI=1S/C20H21N5O2S/c28-20(21-14-16-9-6-12-26-16)24-19-22-17(25-10-4-5-11-25)13-18(23-19)27-15-7-2-1-3-8-15/h1-3,6-9,12-13H,4-5,10-11,14H2,(H2,21,22,23,24,28). The SMILES string of the molecule is S=C(NCc1ccco1)Nc1nc(Oc2ccccc2)cc(N2CCCC2)n1. The summed E-state index contributed by atoms with van der Waals surface area (Å²) >= 11 is 5.36. The van der Waals surface area contributed by atoms with E-state index >= 15 is 0 Å². The van der Waals surface area contributed by atoms with Crippen LogP contribution in [-0.2, 0) is 6.54 Å². The predicted molar refractivity (Wildman–Crippen MR) is 112 cm³/mol. The minimum atomic E-state index is 0.396. The van der Waals surface area contributed by atoms with Crippen molar-refractivity contribution in [1.29, 1.82) is 0 Å². The van der Waals surface area contributed by atoms with Gasteiger partial charge in [-0.25, -0.2) is 0 Å². The van der Waals surface area contributed by atoms with Gasteiger partial charge in [0, 0.05) is 19.2 Å². The first-order chi connectivity index (χ1) is 13.8. The fourth-order valence-corrected chi connectivity index (χ4v) is 3.13. The Morgan fingerprint density at radius 1 is 1.11 bits per heavy atom. The van der Waals surface area contributed by atoms with Gasteiger partial charge in [0.1, 0.15) is 17.3 Å². The lowest BCUT2D eigenvalue weighted by molar-refractivity contribution is 0.462. The Bertz CT molecular complexity index is 912. The number of rotatable bonds is 6. The van der Waals surface area contributed by atoms with E-state index in [9.17, 15) is 0 Å². The Kier molecular flexibility index (Phi) is 5.67. The van der Waals surface area contributed by atoms with Gasteiger partial charge in [-0.3, -0.25) is 0 Å². The topological polar surface area (TPSA) is 75.5 Å². The maximum absolute atomic E-state index is 5.92. The molecule has 8 heteroatoms. The first kappa shape index (κ1) is 18.2.